The van der Waals surface area contributed by atoms with Crippen LogP contribution in [0.5, 0.6) is 0 Å². The van der Waals surface area contributed by atoms with E-state index in [2.05, 4.69) is 15.0 Å². The monoisotopic (exact) mass is 421 g/mol. The molecule has 31 heavy (non-hydrogen) atoms. The Morgan fingerprint density at radius 1 is 1.10 bits per heavy atom. The van der Waals surface area contributed by atoms with Crippen LogP contribution in [0.1, 0.15) is 27.4 Å². The molecule has 1 fully saturated rings. The van der Waals surface area contributed by atoms with Crippen LogP contribution in [0, 0.1) is 24.0 Å². The summed E-state index contributed by atoms with van der Waals surface area (Å²) < 4.78 is 5.42. The summed E-state index contributed by atoms with van der Waals surface area (Å²) in [6, 6.07) is 12.5. The SMILES string of the molecule is Cc1ccccc1-c1noc(CN2CCN(C(=O)c3ccc(C)c([N+](=O)[O-])c3)CC2)n1. The van der Waals surface area contributed by atoms with Crippen molar-refractivity contribution in [2.24, 2.45) is 0 Å². The molecule has 1 amide bonds. The van der Waals surface area contributed by atoms with Gasteiger partial charge >= 0.3 is 0 Å². The molecule has 2 aromatic carbocycles. The van der Waals surface area contributed by atoms with E-state index in [-0.39, 0.29) is 11.6 Å². The Balaban J connectivity index is 1.36. The van der Waals surface area contributed by atoms with E-state index in [9.17, 15) is 14.9 Å². The number of carbonyl (C=O) groups excluding carboxylic acids is 1. The van der Waals surface area contributed by atoms with Gasteiger partial charge in [-0.25, -0.2) is 0 Å². The van der Waals surface area contributed by atoms with Crippen LogP contribution in [-0.4, -0.2) is 56.9 Å². The molecule has 160 valence electrons. The molecule has 2 heterocycles. The summed E-state index contributed by atoms with van der Waals surface area (Å²) >= 11 is 0. The Morgan fingerprint density at radius 2 is 1.84 bits per heavy atom. The van der Waals surface area contributed by atoms with Gasteiger partial charge in [0.05, 0.1) is 11.5 Å². The second-order valence-corrected chi connectivity index (χ2v) is 7.65. The van der Waals surface area contributed by atoms with Crippen LogP contribution in [0.2, 0.25) is 0 Å². The maximum atomic E-state index is 12.8. The van der Waals surface area contributed by atoms with E-state index >= 15 is 0 Å². The van der Waals surface area contributed by atoms with E-state index in [0.29, 0.717) is 55.6 Å². The van der Waals surface area contributed by atoms with Crippen molar-refractivity contribution in [3.63, 3.8) is 0 Å². The number of aromatic nitrogens is 2. The van der Waals surface area contributed by atoms with Gasteiger partial charge in [-0.15, -0.1) is 0 Å². The molecule has 9 heteroatoms. The molecule has 0 bridgehead atoms. The lowest BCUT2D eigenvalue weighted by Crippen LogP contribution is -2.48. The molecule has 0 saturated carbocycles. The van der Waals surface area contributed by atoms with Crippen molar-refractivity contribution < 1.29 is 14.2 Å². The van der Waals surface area contributed by atoms with Crippen molar-refractivity contribution in [1.29, 1.82) is 0 Å². The zero-order chi connectivity index (χ0) is 22.0. The first-order valence-corrected chi connectivity index (χ1v) is 10.1. The average molecular weight is 421 g/mol. The van der Waals surface area contributed by atoms with Gasteiger partial charge in [0.2, 0.25) is 11.7 Å². The molecule has 1 aliphatic heterocycles. The third-order valence-corrected chi connectivity index (χ3v) is 5.53. The number of hydrogen-bond acceptors (Lipinski definition) is 7. The Morgan fingerprint density at radius 3 is 2.55 bits per heavy atom. The highest BCUT2D eigenvalue weighted by Gasteiger charge is 2.25. The second-order valence-electron chi connectivity index (χ2n) is 7.65. The molecule has 0 spiro atoms. The maximum Gasteiger partial charge on any atom is 0.273 e. The minimum Gasteiger partial charge on any atom is -0.338 e. The third kappa shape index (κ3) is 4.46. The van der Waals surface area contributed by atoms with Crippen molar-refractivity contribution >= 4 is 11.6 Å². The van der Waals surface area contributed by atoms with Crippen molar-refractivity contribution in [3.05, 3.63) is 75.2 Å². The maximum absolute atomic E-state index is 12.8. The summed E-state index contributed by atoms with van der Waals surface area (Å²) in [6.45, 7) is 6.54. The fourth-order valence-electron chi connectivity index (χ4n) is 3.67. The minimum absolute atomic E-state index is 0.0367. The van der Waals surface area contributed by atoms with Gasteiger partial charge < -0.3 is 9.42 Å². The fraction of sp³-hybridized carbons (Fsp3) is 0.318. The minimum atomic E-state index is -0.459. The molecule has 9 nitrogen and oxygen atoms in total. The summed E-state index contributed by atoms with van der Waals surface area (Å²) in [6.07, 6.45) is 0. The van der Waals surface area contributed by atoms with Gasteiger partial charge in [0.15, 0.2) is 0 Å². The number of nitro groups is 1. The summed E-state index contributed by atoms with van der Waals surface area (Å²) in [7, 11) is 0. The van der Waals surface area contributed by atoms with Gasteiger partial charge in [-0.3, -0.25) is 19.8 Å². The zero-order valence-electron chi connectivity index (χ0n) is 17.4. The second kappa shape index (κ2) is 8.65. The number of benzene rings is 2. The van der Waals surface area contributed by atoms with E-state index in [1.807, 2.05) is 31.2 Å². The normalized spacial score (nSPS) is 14.6. The molecule has 1 saturated heterocycles. The Hall–Kier alpha value is -3.59. The predicted octanol–water partition coefficient (Wildman–Crippen LogP) is 3.22. The molecule has 1 aliphatic rings. The molecule has 4 rings (SSSR count). The average Bonchev–Trinajstić information content (AvgIpc) is 3.22. The predicted molar refractivity (Wildman–Crippen MR) is 113 cm³/mol. The third-order valence-electron chi connectivity index (χ3n) is 5.53. The molecule has 0 unspecified atom stereocenters. The van der Waals surface area contributed by atoms with Crippen LogP contribution in [0.15, 0.2) is 47.0 Å². The lowest BCUT2D eigenvalue weighted by Gasteiger charge is -2.34. The number of carbonyl (C=O) groups is 1. The van der Waals surface area contributed by atoms with Gasteiger partial charge in [0.1, 0.15) is 0 Å². The van der Waals surface area contributed by atoms with Gasteiger partial charge in [-0.05, 0) is 25.5 Å². The van der Waals surface area contributed by atoms with Crippen LogP contribution >= 0.6 is 0 Å². The van der Waals surface area contributed by atoms with E-state index in [1.165, 1.54) is 6.07 Å². The van der Waals surface area contributed by atoms with Crippen LogP contribution < -0.4 is 0 Å². The number of piperazine rings is 1. The quantitative estimate of drug-likeness (QED) is 0.460. The largest absolute Gasteiger partial charge is 0.338 e. The van der Waals surface area contributed by atoms with Crippen molar-refractivity contribution in [1.82, 2.24) is 19.9 Å². The highest BCUT2D eigenvalue weighted by Crippen LogP contribution is 2.22. The molecule has 3 aromatic rings. The molecular formula is C22H23N5O4. The number of nitrogens with zero attached hydrogens (tertiary/aromatic N) is 5. The van der Waals surface area contributed by atoms with Crippen molar-refractivity contribution in [2.45, 2.75) is 20.4 Å². The molecule has 0 aliphatic carbocycles. The summed E-state index contributed by atoms with van der Waals surface area (Å²) in [5, 5.41) is 15.2. The highest BCUT2D eigenvalue weighted by molar-refractivity contribution is 5.95. The van der Waals surface area contributed by atoms with Crippen LogP contribution in [0.4, 0.5) is 5.69 Å². The number of hydrogen-bond donors (Lipinski definition) is 0. The number of rotatable bonds is 5. The van der Waals surface area contributed by atoms with E-state index in [4.69, 9.17) is 4.52 Å². The first-order chi connectivity index (χ1) is 14.9. The Labute approximate surface area is 179 Å². The zero-order valence-corrected chi connectivity index (χ0v) is 17.4. The lowest BCUT2D eigenvalue weighted by atomic mass is 10.1. The smallest absolute Gasteiger partial charge is 0.273 e. The molecule has 0 N–H and O–H groups in total. The Kier molecular flexibility index (Phi) is 5.77. The van der Waals surface area contributed by atoms with E-state index in [0.717, 1.165) is 11.1 Å². The van der Waals surface area contributed by atoms with Crippen molar-refractivity contribution in [2.75, 3.05) is 26.2 Å². The van der Waals surface area contributed by atoms with Crippen LogP contribution in [-0.2, 0) is 6.54 Å². The van der Waals surface area contributed by atoms with Gasteiger partial charge in [0, 0.05) is 48.9 Å². The van der Waals surface area contributed by atoms with Crippen LogP contribution in [0.25, 0.3) is 11.4 Å². The number of amides is 1. The van der Waals surface area contributed by atoms with Gasteiger partial charge in [-0.2, -0.15) is 4.98 Å². The highest BCUT2D eigenvalue weighted by atomic mass is 16.6. The Bertz CT molecular complexity index is 1120. The number of aryl methyl sites for hydroxylation is 2. The first kappa shape index (κ1) is 20.7. The standard InChI is InChI=1S/C22H23N5O4/c1-15-5-3-4-6-18(15)21-23-20(31-24-21)14-25-9-11-26(12-10-25)22(28)17-8-7-16(2)19(13-17)27(29)30/h3-8,13H,9-12,14H2,1-2H3. The molecule has 0 radical (unpaired) electrons. The van der Waals surface area contributed by atoms with Crippen LogP contribution in [0.3, 0.4) is 0 Å². The lowest BCUT2D eigenvalue weighted by molar-refractivity contribution is -0.385. The summed E-state index contributed by atoms with van der Waals surface area (Å²) in [5.41, 5.74) is 2.87. The van der Waals surface area contributed by atoms with E-state index in [1.54, 1.807) is 24.0 Å². The van der Waals surface area contributed by atoms with Gasteiger partial charge in [-0.1, -0.05) is 35.5 Å². The fourth-order valence-corrected chi connectivity index (χ4v) is 3.67. The molecular weight excluding hydrogens is 398 g/mol. The molecule has 1 aromatic heterocycles. The molecule has 0 atom stereocenters. The van der Waals surface area contributed by atoms with Gasteiger partial charge in [0.25, 0.3) is 11.6 Å². The summed E-state index contributed by atoms with van der Waals surface area (Å²) in [5.74, 6) is 0.914. The van der Waals surface area contributed by atoms with Crippen molar-refractivity contribution in [3.8, 4) is 11.4 Å². The topological polar surface area (TPSA) is 106 Å². The first-order valence-electron chi connectivity index (χ1n) is 10.1. The number of nitro benzene ring substituents is 1. The van der Waals surface area contributed by atoms with E-state index < -0.39 is 4.92 Å². The summed E-state index contributed by atoms with van der Waals surface area (Å²) in [4.78, 5) is 31.9.